The summed E-state index contributed by atoms with van der Waals surface area (Å²) in [5.74, 6) is 0.692. The van der Waals surface area contributed by atoms with Gasteiger partial charge in [-0.25, -0.2) is 0 Å². The van der Waals surface area contributed by atoms with Gasteiger partial charge in [-0.15, -0.1) is 11.6 Å². The fraction of sp³-hybridized carbons (Fsp3) is 0.750. The Hall–Kier alpha value is -0.500. The predicted octanol–water partition coefficient (Wildman–Crippen LogP) is 3.66. The average Bonchev–Trinajstić information content (AvgIpc) is 2.66. The molecule has 0 radical (unpaired) electrons. The van der Waals surface area contributed by atoms with E-state index < -0.39 is 0 Å². The molecule has 15 heavy (non-hydrogen) atoms. The van der Waals surface area contributed by atoms with Gasteiger partial charge >= 0.3 is 0 Å². The van der Waals surface area contributed by atoms with E-state index in [0.29, 0.717) is 11.9 Å². The number of rotatable bonds is 5. The summed E-state index contributed by atoms with van der Waals surface area (Å²) in [5, 5.41) is 4.55. The van der Waals surface area contributed by atoms with Gasteiger partial charge in [0.2, 0.25) is 0 Å². The quantitative estimate of drug-likeness (QED) is 0.704. The first-order valence-electron chi connectivity index (χ1n) is 5.61. The third-order valence-electron chi connectivity index (χ3n) is 2.98. The fourth-order valence-corrected chi connectivity index (χ4v) is 1.75. The minimum atomic E-state index is 0.178. The van der Waals surface area contributed by atoms with Gasteiger partial charge in [-0.1, -0.05) is 13.8 Å². The van der Waals surface area contributed by atoms with Crippen molar-refractivity contribution >= 4 is 11.6 Å². The van der Waals surface area contributed by atoms with Gasteiger partial charge in [0.25, 0.3) is 0 Å². The maximum absolute atomic E-state index is 5.99. The Labute approximate surface area is 97.6 Å². The zero-order valence-corrected chi connectivity index (χ0v) is 10.9. The monoisotopic (exact) mass is 228 g/mol. The standard InChI is InChI=1S/C12H21ClN2/c1-5-12(4,9-13)8-11-6-7-15(14-11)10(2)3/h6-7,10H,5,8-9H2,1-4H3. The van der Waals surface area contributed by atoms with Gasteiger partial charge in [-0.2, -0.15) is 5.10 Å². The minimum absolute atomic E-state index is 0.178. The van der Waals surface area contributed by atoms with Gasteiger partial charge in [-0.05, 0) is 38.2 Å². The van der Waals surface area contributed by atoms with E-state index in [1.54, 1.807) is 0 Å². The van der Waals surface area contributed by atoms with Crippen LogP contribution in [0, 0.1) is 5.41 Å². The van der Waals surface area contributed by atoms with E-state index in [2.05, 4.69) is 38.9 Å². The highest BCUT2D eigenvalue weighted by molar-refractivity contribution is 6.18. The Bertz CT molecular complexity index is 300. The summed E-state index contributed by atoms with van der Waals surface area (Å²) < 4.78 is 2.00. The maximum atomic E-state index is 5.99. The molecule has 0 fully saturated rings. The van der Waals surface area contributed by atoms with Crippen LogP contribution in [-0.2, 0) is 6.42 Å². The molecule has 0 aliphatic heterocycles. The summed E-state index contributed by atoms with van der Waals surface area (Å²) in [6.07, 6.45) is 4.10. The van der Waals surface area contributed by atoms with Crippen LogP contribution >= 0.6 is 11.6 Å². The third-order valence-corrected chi connectivity index (χ3v) is 3.62. The van der Waals surface area contributed by atoms with Crippen LogP contribution in [0.4, 0.5) is 0 Å². The Morgan fingerprint density at radius 3 is 2.60 bits per heavy atom. The van der Waals surface area contributed by atoms with Crippen molar-refractivity contribution in [2.75, 3.05) is 5.88 Å². The number of halogens is 1. The second-order valence-corrected chi connectivity index (χ2v) is 5.12. The van der Waals surface area contributed by atoms with Crippen LogP contribution < -0.4 is 0 Å². The average molecular weight is 229 g/mol. The highest BCUT2D eigenvalue weighted by Gasteiger charge is 2.22. The molecule has 1 heterocycles. The summed E-state index contributed by atoms with van der Waals surface area (Å²) in [5.41, 5.74) is 1.33. The lowest BCUT2D eigenvalue weighted by atomic mass is 9.85. The van der Waals surface area contributed by atoms with Crippen LogP contribution in [0.25, 0.3) is 0 Å². The van der Waals surface area contributed by atoms with Gasteiger partial charge in [0.1, 0.15) is 0 Å². The number of aromatic nitrogens is 2. The molecule has 86 valence electrons. The van der Waals surface area contributed by atoms with E-state index in [4.69, 9.17) is 11.6 Å². The van der Waals surface area contributed by atoms with E-state index in [1.807, 2.05) is 10.9 Å². The molecule has 0 aliphatic carbocycles. The first kappa shape index (κ1) is 12.6. The zero-order chi connectivity index (χ0) is 11.5. The summed E-state index contributed by atoms with van der Waals surface area (Å²) in [6, 6.07) is 2.53. The van der Waals surface area contributed by atoms with Crippen LogP contribution in [0.15, 0.2) is 12.3 Å². The fourth-order valence-electron chi connectivity index (χ4n) is 1.46. The molecule has 0 bridgehead atoms. The molecular weight excluding hydrogens is 208 g/mol. The highest BCUT2D eigenvalue weighted by Crippen LogP contribution is 2.27. The Morgan fingerprint density at radius 2 is 2.20 bits per heavy atom. The number of alkyl halides is 1. The first-order chi connectivity index (χ1) is 7.00. The van der Waals surface area contributed by atoms with Crippen molar-refractivity contribution in [1.82, 2.24) is 9.78 Å². The van der Waals surface area contributed by atoms with Gasteiger partial charge in [0.05, 0.1) is 5.69 Å². The van der Waals surface area contributed by atoms with E-state index in [1.165, 1.54) is 0 Å². The van der Waals surface area contributed by atoms with Crippen LogP contribution in [0.1, 0.15) is 45.9 Å². The van der Waals surface area contributed by atoms with E-state index in [-0.39, 0.29) is 5.41 Å². The van der Waals surface area contributed by atoms with Crippen molar-refractivity contribution in [3.8, 4) is 0 Å². The lowest BCUT2D eigenvalue weighted by Gasteiger charge is -2.24. The molecule has 1 rings (SSSR count). The van der Waals surface area contributed by atoms with Gasteiger partial charge in [0.15, 0.2) is 0 Å². The molecule has 2 nitrogen and oxygen atoms in total. The topological polar surface area (TPSA) is 17.8 Å². The van der Waals surface area contributed by atoms with Crippen LogP contribution in [0.3, 0.4) is 0 Å². The van der Waals surface area contributed by atoms with Gasteiger partial charge in [-0.3, -0.25) is 4.68 Å². The van der Waals surface area contributed by atoms with Crippen LogP contribution in [0.5, 0.6) is 0 Å². The van der Waals surface area contributed by atoms with Gasteiger partial charge < -0.3 is 0 Å². The van der Waals surface area contributed by atoms with Crippen molar-refractivity contribution < 1.29 is 0 Å². The molecule has 1 aromatic heterocycles. The van der Waals surface area contributed by atoms with Crippen molar-refractivity contribution in [2.45, 2.75) is 46.6 Å². The Balaban J connectivity index is 2.72. The molecule has 0 saturated carbocycles. The van der Waals surface area contributed by atoms with Crippen molar-refractivity contribution in [3.63, 3.8) is 0 Å². The molecular formula is C12H21ClN2. The minimum Gasteiger partial charge on any atom is -0.270 e. The molecule has 0 amide bonds. The second-order valence-electron chi connectivity index (χ2n) is 4.86. The molecule has 0 spiro atoms. The van der Waals surface area contributed by atoms with Crippen molar-refractivity contribution in [3.05, 3.63) is 18.0 Å². The number of hydrogen-bond acceptors (Lipinski definition) is 1. The van der Waals surface area contributed by atoms with Crippen LogP contribution in [-0.4, -0.2) is 15.7 Å². The third kappa shape index (κ3) is 3.23. The molecule has 0 aliphatic rings. The molecule has 1 atom stereocenters. The smallest absolute Gasteiger partial charge is 0.0630 e. The lowest BCUT2D eigenvalue weighted by molar-refractivity contribution is 0.349. The second kappa shape index (κ2) is 5.02. The van der Waals surface area contributed by atoms with Gasteiger partial charge in [0, 0.05) is 18.1 Å². The normalized spacial score (nSPS) is 15.6. The molecule has 0 aromatic carbocycles. The van der Waals surface area contributed by atoms with E-state index in [9.17, 15) is 0 Å². The van der Waals surface area contributed by atoms with Crippen molar-refractivity contribution in [2.24, 2.45) is 5.41 Å². The number of hydrogen-bond donors (Lipinski definition) is 0. The zero-order valence-electron chi connectivity index (χ0n) is 10.1. The summed E-state index contributed by atoms with van der Waals surface area (Å²) in [4.78, 5) is 0. The first-order valence-corrected chi connectivity index (χ1v) is 6.14. The molecule has 1 aromatic rings. The maximum Gasteiger partial charge on any atom is 0.0630 e. The van der Waals surface area contributed by atoms with E-state index in [0.717, 1.165) is 18.5 Å². The van der Waals surface area contributed by atoms with E-state index >= 15 is 0 Å². The summed E-state index contributed by atoms with van der Waals surface area (Å²) in [6.45, 7) is 8.67. The SMILES string of the molecule is CCC(C)(CCl)Cc1ccn(C(C)C)n1. The number of nitrogens with zero attached hydrogens (tertiary/aromatic N) is 2. The largest absolute Gasteiger partial charge is 0.270 e. The molecule has 0 saturated heterocycles. The predicted molar refractivity (Wildman–Crippen MR) is 65.4 cm³/mol. The molecule has 1 unspecified atom stereocenters. The lowest BCUT2D eigenvalue weighted by Crippen LogP contribution is -2.21. The molecule has 3 heteroatoms. The highest BCUT2D eigenvalue weighted by atomic mass is 35.5. The summed E-state index contributed by atoms with van der Waals surface area (Å²) in [7, 11) is 0. The Kier molecular flexibility index (Phi) is 4.21. The van der Waals surface area contributed by atoms with Crippen LogP contribution in [0.2, 0.25) is 0 Å². The van der Waals surface area contributed by atoms with Crippen molar-refractivity contribution in [1.29, 1.82) is 0 Å². The Morgan fingerprint density at radius 1 is 1.53 bits per heavy atom. The molecule has 0 N–H and O–H groups in total. The summed E-state index contributed by atoms with van der Waals surface area (Å²) >= 11 is 5.99.